The zero-order valence-electron chi connectivity index (χ0n) is 15.5. The summed E-state index contributed by atoms with van der Waals surface area (Å²) in [5.74, 6) is -1.93. The molecule has 0 aliphatic carbocycles. The number of aromatic nitrogens is 1. The number of rotatable bonds is 5. The molecule has 3 rings (SSSR count). The Kier molecular flexibility index (Phi) is 5.98. The second-order valence-corrected chi connectivity index (χ2v) is 6.55. The second-order valence-electron chi connectivity index (χ2n) is 6.17. The first-order valence-corrected chi connectivity index (χ1v) is 8.87. The summed E-state index contributed by atoms with van der Waals surface area (Å²) in [5, 5.41) is -0.207. The minimum Gasteiger partial charge on any atom is -0.487 e. The quantitative estimate of drug-likeness (QED) is 0.573. The number of pyridine rings is 1. The molecule has 0 aliphatic heterocycles. The summed E-state index contributed by atoms with van der Waals surface area (Å²) in [5.41, 5.74) is 0.738. The van der Waals surface area contributed by atoms with Gasteiger partial charge in [0.05, 0.1) is 12.7 Å². The van der Waals surface area contributed by atoms with Crippen molar-refractivity contribution in [3.05, 3.63) is 92.4 Å². The molecule has 0 unspecified atom stereocenters. The average molecular weight is 420 g/mol. The SMILES string of the molecule is COC(=O)c1cccc(-n2c(C)cc(OCc3ccc(F)cc3F)c(Cl)c2=O)c1. The van der Waals surface area contributed by atoms with E-state index in [-0.39, 0.29) is 28.5 Å². The van der Waals surface area contributed by atoms with Gasteiger partial charge in [-0.3, -0.25) is 9.36 Å². The molecule has 2 aromatic carbocycles. The van der Waals surface area contributed by atoms with E-state index in [1.165, 1.54) is 29.9 Å². The molecule has 29 heavy (non-hydrogen) atoms. The predicted molar refractivity (Wildman–Crippen MR) is 104 cm³/mol. The summed E-state index contributed by atoms with van der Waals surface area (Å²) >= 11 is 6.18. The molecule has 5 nitrogen and oxygen atoms in total. The number of carbonyl (C=O) groups excluding carboxylic acids is 1. The van der Waals surface area contributed by atoms with Gasteiger partial charge in [-0.05, 0) is 37.3 Å². The van der Waals surface area contributed by atoms with Gasteiger partial charge in [0.2, 0.25) is 0 Å². The molecule has 1 aromatic heterocycles. The number of halogens is 3. The van der Waals surface area contributed by atoms with Gasteiger partial charge in [0.1, 0.15) is 29.0 Å². The van der Waals surface area contributed by atoms with E-state index in [1.54, 1.807) is 25.1 Å². The Morgan fingerprint density at radius 1 is 1.14 bits per heavy atom. The molecule has 0 bridgehead atoms. The van der Waals surface area contributed by atoms with Gasteiger partial charge in [-0.25, -0.2) is 13.6 Å². The van der Waals surface area contributed by atoms with Crippen LogP contribution in [-0.2, 0) is 11.3 Å². The van der Waals surface area contributed by atoms with Gasteiger partial charge < -0.3 is 9.47 Å². The predicted octanol–water partition coefficient (Wildman–Crippen LogP) is 4.44. The number of hydrogen-bond donors (Lipinski definition) is 0. The van der Waals surface area contributed by atoms with E-state index in [2.05, 4.69) is 0 Å². The molecular formula is C21H16ClF2NO4. The van der Waals surface area contributed by atoms with Gasteiger partial charge in [-0.1, -0.05) is 17.7 Å². The van der Waals surface area contributed by atoms with E-state index in [1.807, 2.05) is 0 Å². The molecule has 0 saturated heterocycles. The van der Waals surface area contributed by atoms with Crippen molar-refractivity contribution in [2.45, 2.75) is 13.5 Å². The Balaban J connectivity index is 1.95. The van der Waals surface area contributed by atoms with Crippen LogP contribution in [0.3, 0.4) is 0 Å². The molecular weight excluding hydrogens is 404 g/mol. The van der Waals surface area contributed by atoms with Crippen molar-refractivity contribution in [1.29, 1.82) is 0 Å². The molecule has 150 valence electrons. The minimum atomic E-state index is -0.759. The molecule has 0 radical (unpaired) electrons. The third kappa shape index (κ3) is 4.30. The van der Waals surface area contributed by atoms with Crippen LogP contribution in [0.25, 0.3) is 5.69 Å². The zero-order valence-corrected chi connectivity index (χ0v) is 16.3. The lowest BCUT2D eigenvalue weighted by Crippen LogP contribution is -2.22. The molecule has 0 atom stereocenters. The van der Waals surface area contributed by atoms with Crippen molar-refractivity contribution in [2.24, 2.45) is 0 Å². The van der Waals surface area contributed by atoms with Gasteiger partial charge in [-0.15, -0.1) is 0 Å². The summed E-state index contributed by atoms with van der Waals surface area (Å²) in [6, 6.07) is 11.0. The van der Waals surface area contributed by atoms with Gasteiger partial charge in [-0.2, -0.15) is 0 Å². The van der Waals surface area contributed by atoms with E-state index >= 15 is 0 Å². The van der Waals surface area contributed by atoms with Crippen LogP contribution in [0.4, 0.5) is 8.78 Å². The van der Waals surface area contributed by atoms with E-state index in [4.69, 9.17) is 21.1 Å². The fourth-order valence-electron chi connectivity index (χ4n) is 2.79. The molecule has 3 aromatic rings. The largest absolute Gasteiger partial charge is 0.487 e. The van der Waals surface area contributed by atoms with Crippen LogP contribution in [0.5, 0.6) is 5.75 Å². The van der Waals surface area contributed by atoms with Crippen LogP contribution in [0.2, 0.25) is 5.02 Å². The third-order valence-electron chi connectivity index (χ3n) is 4.22. The molecule has 0 N–H and O–H groups in total. The summed E-state index contributed by atoms with van der Waals surface area (Å²) in [6.45, 7) is 1.43. The Labute approximate surface area is 170 Å². The smallest absolute Gasteiger partial charge is 0.337 e. The zero-order chi connectivity index (χ0) is 21.1. The maximum Gasteiger partial charge on any atom is 0.337 e. The van der Waals surface area contributed by atoms with E-state index in [9.17, 15) is 18.4 Å². The molecule has 1 heterocycles. The van der Waals surface area contributed by atoms with Crippen molar-refractivity contribution >= 4 is 17.6 Å². The Hall–Kier alpha value is -3.19. The standard InChI is InChI=1S/C21H16ClF2NO4/c1-12-8-18(29-11-14-6-7-15(23)10-17(14)24)19(22)20(26)25(12)16-5-3-4-13(9-16)21(27)28-2/h3-10H,11H2,1-2H3. The molecule has 8 heteroatoms. The maximum absolute atomic E-state index is 13.8. The van der Waals surface area contributed by atoms with Gasteiger partial charge in [0.25, 0.3) is 5.56 Å². The van der Waals surface area contributed by atoms with Crippen LogP contribution in [-0.4, -0.2) is 17.6 Å². The van der Waals surface area contributed by atoms with Gasteiger partial charge in [0, 0.05) is 29.1 Å². The first-order chi connectivity index (χ1) is 13.8. The number of hydrogen-bond acceptors (Lipinski definition) is 4. The first kappa shape index (κ1) is 20.5. The van der Waals surface area contributed by atoms with E-state index in [0.717, 1.165) is 12.1 Å². The minimum absolute atomic E-state index is 0.0678. The number of esters is 1. The van der Waals surface area contributed by atoms with Crippen molar-refractivity contribution < 1.29 is 23.0 Å². The number of methoxy groups -OCH3 is 1. The monoisotopic (exact) mass is 419 g/mol. The van der Waals surface area contributed by atoms with Crippen LogP contribution < -0.4 is 10.3 Å². The summed E-state index contributed by atoms with van der Waals surface area (Å²) < 4.78 is 38.3. The average Bonchev–Trinajstić information content (AvgIpc) is 2.70. The highest BCUT2D eigenvalue weighted by molar-refractivity contribution is 6.31. The number of aryl methyl sites for hydroxylation is 1. The first-order valence-electron chi connectivity index (χ1n) is 8.49. The van der Waals surface area contributed by atoms with Crippen LogP contribution >= 0.6 is 11.6 Å². The number of ether oxygens (including phenoxy) is 2. The molecule has 0 saturated carbocycles. The third-order valence-corrected chi connectivity index (χ3v) is 4.57. The summed E-state index contributed by atoms with van der Waals surface area (Å²) in [7, 11) is 1.26. The highest BCUT2D eigenvalue weighted by Crippen LogP contribution is 2.25. The highest BCUT2D eigenvalue weighted by Gasteiger charge is 2.16. The fourth-order valence-corrected chi connectivity index (χ4v) is 2.98. The Bertz CT molecular complexity index is 1140. The maximum atomic E-state index is 13.8. The fraction of sp³-hybridized carbons (Fsp3) is 0.143. The molecule has 0 fully saturated rings. The van der Waals surface area contributed by atoms with Crippen molar-refractivity contribution in [2.75, 3.05) is 7.11 Å². The normalized spacial score (nSPS) is 10.7. The van der Waals surface area contributed by atoms with E-state index < -0.39 is 23.2 Å². The summed E-state index contributed by atoms with van der Waals surface area (Å²) in [4.78, 5) is 24.5. The van der Waals surface area contributed by atoms with Crippen molar-refractivity contribution in [1.82, 2.24) is 4.57 Å². The van der Waals surface area contributed by atoms with Crippen LogP contribution in [0, 0.1) is 18.6 Å². The van der Waals surface area contributed by atoms with Crippen molar-refractivity contribution in [3.8, 4) is 11.4 Å². The van der Waals surface area contributed by atoms with Gasteiger partial charge in [0.15, 0.2) is 0 Å². The van der Waals surface area contributed by atoms with Crippen molar-refractivity contribution in [3.63, 3.8) is 0 Å². The summed E-state index contributed by atoms with van der Waals surface area (Å²) in [6.07, 6.45) is 0. The number of nitrogens with zero attached hydrogens (tertiary/aromatic N) is 1. The van der Waals surface area contributed by atoms with E-state index in [0.29, 0.717) is 11.4 Å². The second kappa shape index (κ2) is 8.45. The number of carbonyl (C=O) groups is 1. The molecule has 0 spiro atoms. The number of benzene rings is 2. The van der Waals surface area contributed by atoms with Gasteiger partial charge >= 0.3 is 5.97 Å². The molecule has 0 aliphatic rings. The molecule has 0 amide bonds. The Morgan fingerprint density at radius 2 is 1.90 bits per heavy atom. The lowest BCUT2D eigenvalue weighted by Gasteiger charge is -2.15. The van der Waals surface area contributed by atoms with Crippen LogP contribution in [0.15, 0.2) is 53.3 Å². The van der Waals surface area contributed by atoms with Crippen LogP contribution in [0.1, 0.15) is 21.6 Å². The topological polar surface area (TPSA) is 57.5 Å². The Morgan fingerprint density at radius 3 is 2.59 bits per heavy atom. The highest BCUT2D eigenvalue weighted by atomic mass is 35.5. The lowest BCUT2D eigenvalue weighted by atomic mass is 10.2. The lowest BCUT2D eigenvalue weighted by molar-refractivity contribution is 0.0600.